The number of carboxylic acids is 1. The second kappa shape index (κ2) is 6.61. The van der Waals surface area contributed by atoms with Crippen molar-refractivity contribution in [2.45, 2.75) is 46.1 Å². The third-order valence-corrected chi connectivity index (χ3v) is 2.86. The van der Waals surface area contributed by atoms with Crippen LogP contribution in [0.3, 0.4) is 0 Å². The largest absolute Gasteiger partial charge is 0.481 e. The van der Waals surface area contributed by atoms with Crippen LogP contribution in [-0.4, -0.2) is 22.8 Å². The predicted molar refractivity (Wildman–Crippen MR) is 81.5 cm³/mol. The van der Waals surface area contributed by atoms with Crippen molar-refractivity contribution >= 4 is 17.7 Å². The molecule has 0 radical (unpaired) electrons. The predicted octanol–water partition coefficient (Wildman–Crippen LogP) is 3.86. The summed E-state index contributed by atoms with van der Waals surface area (Å²) in [6.45, 7) is 8.98. The Bertz CT molecular complexity index is 517. The lowest BCUT2D eigenvalue weighted by atomic mass is 9.87. The van der Waals surface area contributed by atoms with Gasteiger partial charge >= 0.3 is 12.1 Å². The van der Waals surface area contributed by atoms with Crippen LogP contribution >= 0.6 is 0 Å². The lowest BCUT2D eigenvalue weighted by Gasteiger charge is -2.23. The molecule has 1 atom stereocenters. The van der Waals surface area contributed by atoms with Crippen molar-refractivity contribution < 1.29 is 19.4 Å². The van der Waals surface area contributed by atoms with Crippen LogP contribution in [0.15, 0.2) is 24.3 Å². The highest BCUT2D eigenvalue weighted by molar-refractivity contribution is 5.88. The molecule has 0 aliphatic carbocycles. The summed E-state index contributed by atoms with van der Waals surface area (Å²) in [4.78, 5) is 23.3. The molecule has 1 unspecified atom stereocenters. The molecule has 0 aliphatic rings. The number of aliphatic carboxylic acids is 1. The van der Waals surface area contributed by atoms with Crippen LogP contribution in [0.1, 0.15) is 46.1 Å². The van der Waals surface area contributed by atoms with Crippen LogP contribution in [-0.2, 0) is 9.53 Å². The van der Waals surface area contributed by atoms with Gasteiger partial charge < -0.3 is 9.84 Å². The zero-order valence-electron chi connectivity index (χ0n) is 13.1. The molecule has 5 nitrogen and oxygen atoms in total. The van der Waals surface area contributed by atoms with E-state index in [1.807, 2.05) is 13.8 Å². The first-order chi connectivity index (χ1) is 9.61. The van der Waals surface area contributed by atoms with Crippen molar-refractivity contribution in [3.8, 4) is 0 Å². The maximum atomic E-state index is 11.9. The molecule has 2 N–H and O–H groups in total. The molecule has 21 heavy (non-hydrogen) atoms. The number of hydrogen-bond donors (Lipinski definition) is 2. The van der Waals surface area contributed by atoms with E-state index in [0.29, 0.717) is 11.3 Å². The van der Waals surface area contributed by atoms with Gasteiger partial charge in [-0.1, -0.05) is 32.0 Å². The van der Waals surface area contributed by atoms with E-state index in [2.05, 4.69) is 5.32 Å². The van der Waals surface area contributed by atoms with Gasteiger partial charge in [0.05, 0.1) is 5.92 Å². The minimum Gasteiger partial charge on any atom is -0.481 e. The molecule has 1 aromatic carbocycles. The number of anilines is 1. The molecule has 0 saturated carbocycles. The summed E-state index contributed by atoms with van der Waals surface area (Å²) >= 11 is 0. The fraction of sp³-hybridized carbons (Fsp3) is 0.500. The highest BCUT2D eigenvalue weighted by atomic mass is 16.6. The Morgan fingerprint density at radius 2 is 1.76 bits per heavy atom. The van der Waals surface area contributed by atoms with E-state index in [1.54, 1.807) is 45.0 Å². The molecule has 116 valence electrons. The van der Waals surface area contributed by atoms with Gasteiger partial charge in [-0.25, -0.2) is 4.79 Å². The lowest BCUT2D eigenvalue weighted by Crippen LogP contribution is -2.28. The first-order valence-electron chi connectivity index (χ1n) is 6.93. The summed E-state index contributed by atoms with van der Waals surface area (Å²) in [7, 11) is 0. The van der Waals surface area contributed by atoms with Crippen LogP contribution in [0.5, 0.6) is 0 Å². The second-order valence-corrected chi connectivity index (χ2v) is 6.27. The summed E-state index contributed by atoms with van der Waals surface area (Å²) in [5.74, 6) is -1.69. The molecule has 1 amide bonds. The van der Waals surface area contributed by atoms with Crippen LogP contribution in [0.25, 0.3) is 0 Å². The van der Waals surface area contributed by atoms with Crippen molar-refractivity contribution in [1.29, 1.82) is 0 Å². The van der Waals surface area contributed by atoms with Crippen LogP contribution in [0.4, 0.5) is 10.5 Å². The normalized spacial score (nSPS) is 12.9. The van der Waals surface area contributed by atoms with E-state index in [-0.39, 0.29) is 5.92 Å². The number of rotatable bonds is 4. The molecule has 1 aromatic rings. The van der Waals surface area contributed by atoms with E-state index in [0.717, 1.165) is 0 Å². The van der Waals surface area contributed by atoms with Gasteiger partial charge in [0, 0.05) is 5.69 Å². The minimum atomic E-state index is -0.913. The van der Waals surface area contributed by atoms with Gasteiger partial charge in [0.1, 0.15) is 5.60 Å². The Hall–Kier alpha value is -2.04. The first-order valence-corrected chi connectivity index (χ1v) is 6.93. The number of carboxylic acid groups (broad SMARTS) is 1. The third-order valence-electron chi connectivity index (χ3n) is 2.86. The van der Waals surface area contributed by atoms with Crippen molar-refractivity contribution in [1.82, 2.24) is 0 Å². The molecular formula is C16H23NO4. The van der Waals surface area contributed by atoms with Crippen LogP contribution < -0.4 is 5.32 Å². The Labute approximate surface area is 125 Å². The average Bonchev–Trinajstić information content (AvgIpc) is 2.27. The lowest BCUT2D eigenvalue weighted by molar-refractivity contribution is -0.139. The van der Waals surface area contributed by atoms with E-state index < -0.39 is 23.6 Å². The molecule has 0 heterocycles. The van der Waals surface area contributed by atoms with E-state index in [4.69, 9.17) is 4.74 Å². The number of amides is 1. The molecular weight excluding hydrogens is 270 g/mol. The van der Waals surface area contributed by atoms with Gasteiger partial charge in [0.15, 0.2) is 0 Å². The molecule has 0 bridgehead atoms. The van der Waals surface area contributed by atoms with E-state index >= 15 is 0 Å². The number of hydrogen-bond acceptors (Lipinski definition) is 3. The molecule has 5 heteroatoms. The summed E-state index contributed by atoms with van der Waals surface area (Å²) < 4.78 is 5.20. The molecule has 0 saturated heterocycles. The Balaban J connectivity index is 3.04. The molecule has 0 aromatic heterocycles. The van der Waals surface area contributed by atoms with Gasteiger partial charge in [-0.2, -0.15) is 0 Å². The fourth-order valence-electron chi connectivity index (χ4n) is 2.07. The maximum absolute atomic E-state index is 11.9. The van der Waals surface area contributed by atoms with Gasteiger partial charge in [0.25, 0.3) is 0 Å². The summed E-state index contributed by atoms with van der Waals surface area (Å²) in [5.41, 5.74) is 0.433. The first kappa shape index (κ1) is 17.0. The standard InChI is InChI=1S/C16H23NO4/c1-10(2)13(14(18)19)11-8-6-7-9-12(11)17-15(20)21-16(3,4)5/h6-10,13H,1-5H3,(H,17,20)(H,18,19). The number of nitrogens with one attached hydrogen (secondary N) is 1. The monoisotopic (exact) mass is 293 g/mol. The summed E-state index contributed by atoms with van der Waals surface area (Å²) in [6, 6.07) is 6.90. The van der Waals surface area contributed by atoms with E-state index in [9.17, 15) is 14.7 Å². The maximum Gasteiger partial charge on any atom is 0.412 e. The van der Waals surface area contributed by atoms with Gasteiger partial charge in [-0.05, 0) is 38.3 Å². The topological polar surface area (TPSA) is 75.6 Å². The zero-order valence-corrected chi connectivity index (χ0v) is 13.1. The van der Waals surface area contributed by atoms with Crippen molar-refractivity contribution in [3.05, 3.63) is 29.8 Å². The zero-order chi connectivity index (χ0) is 16.2. The number of ether oxygens (including phenoxy) is 1. The molecule has 0 aliphatic heterocycles. The number of carbonyl (C=O) groups excluding carboxylic acids is 1. The molecule has 1 rings (SSSR count). The SMILES string of the molecule is CC(C)C(C(=O)O)c1ccccc1NC(=O)OC(C)(C)C. The number of benzene rings is 1. The Kier molecular flexibility index (Phi) is 5.35. The van der Waals surface area contributed by atoms with Gasteiger partial charge in [-0.15, -0.1) is 0 Å². The van der Waals surface area contributed by atoms with E-state index in [1.165, 1.54) is 0 Å². The fourth-order valence-corrected chi connectivity index (χ4v) is 2.07. The van der Waals surface area contributed by atoms with Crippen molar-refractivity contribution in [3.63, 3.8) is 0 Å². The Morgan fingerprint density at radius 3 is 2.24 bits per heavy atom. The van der Waals surface area contributed by atoms with Crippen molar-refractivity contribution in [2.75, 3.05) is 5.32 Å². The Morgan fingerprint density at radius 1 is 1.19 bits per heavy atom. The smallest absolute Gasteiger partial charge is 0.412 e. The molecule has 0 spiro atoms. The summed E-state index contributed by atoms with van der Waals surface area (Å²) in [6.07, 6.45) is -0.595. The quantitative estimate of drug-likeness (QED) is 0.884. The average molecular weight is 293 g/mol. The minimum absolute atomic E-state index is 0.0934. The van der Waals surface area contributed by atoms with Gasteiger partial charge in [-0.3, -0.25) is 10.1 Å². The van der Waals surface area contributed by atoms with Crippen LogP contribution in [0.2, 0.25) is 0 Å². The summed E-state index contributed by atoms with van der Waals surface area (Å²) in [5, 5.41) is 12.0. The highest BCUT2D eigenvalue weighted by Crippen LogP contribution is 2.31. The van der Waals surface area contributed by atoms with Crippen molar-refractivity contribution in [2.24, 2.45) is 5.92 Å². The van der Waals surface area contributed by atoms with Gasteiger partial charge in [0.2, 0.25) is 0 Å². The number of carbonyl (C=O) groups is 2. The number of para-hydroxylation sites is 1. The third kappa shape index (κ3) is 5.10. The molecule has 0 fully saturated rings. The second-order valence-electron chi connectivity index (χ2n) is 6.27. The highest BCUT2D eigenvalue weighted by Gasteiger charge is 2.27. The van der Waals surface area contributed by atoms with Crippen LogP contribution in [0, 0.1) is 5.92 Å².